The Kier molecular flexibility index (Phi) is 3.32. The number of rotatable bonds is 2. The zero-order chi connectivity index (χ0) is 10.5. The van der Waals surface area contributed by atoms with Gasteiger partial charge in [0.25, 0.3) is 0 Å². The van der Waals surface area contributed by atoms with Gasteiger partial charge in [-0.15, -0.1) is 11.6 Å². The number of unbranched alkanes of at least 4 members (excludes halogenated alkanes) is 1. The second-order valence-corrected chi connectivity index (χ2v) is 3.62. The van der Waals surface area contributed by atoms with Crippen LogP contribution >= 0.6 is 11.6 Å². The summed E-state index contributed by atoms with van der Waals surface area (Å²) in [6.45, 7) is 0. The lowest BCUT2D eigenvalue weighted by Crippen LogP contribution is -1.71. The van der Waals surface area contributed by atoms with Crippen LogP contribution in [-0.2, 0) is 0 Å². The monoisotopic (exact) mass is 218 g/mol. The van der Waals surface area contributed by atoms with Crippen molar-refractivity contribution in [2.24, 2.45) is 0 Å². The molecule has 0 aliphatic carbocycles. The van der Waals surface area contributed by atoms with Crippen molar-refractivity contribution in [3.8, 4) is 11.8 Å². The predicted octanol–water partition coefficient (Wildman–Crippen LogP) is 3.80. The average molecular weight is 219 g/mol. The number of hydrogen-bond donors (Lipinski definition) is 0. The molecule has 1 nitrogen and oxygen atoms in total. The van der Waals surface area contributed by atoms with E-state index in [1.807, 2.05) is 30.3 Å². The minimum Gasteiger partial charge on any atom is -0.448 e. The zero-order valence-electron chi connectivity index (χ0n) is 8.29. The van der Waals surface area contributed by atoms with Crippen LogP contribution in [0.15, 0.2) is 34.7 Å². The molecule has 0 saturated heterocycles. The first-order chi connectivity index (χ1) is 7.40. The first kappa shape index (κ1) is 10.1. The van der Waals surface area contributed by atoms with E-state index in [0.717, 1.165) is 29.6 Å². The van der Waals surface area contributed by atoms with Crippen LogP contribution < -0.4 is 0 Å². The number of para-hydroxylation sites is 1. The summed E-state index contributed by atoms with van der Waals surface area (Å²) in [6, 6.07) is 9.87. The molecule has 0 atom stereocenters. The molecule has 1 aromatic carbocycles. The van der Waals surface area contributed by atoms with Crippen molar-refractivity contribution >= 4 is 22.6 Å². The first-order valence-corrected chi connectivity index (χ1v) is 5.47. The predicted molar refractivity (Wildman–Crippen MR) is 63.0 cm³/mol. The maximum Gasteiger partial charge on any atom is 0.178 e. The molecular weight excluding hydrogens is 208 g/mol. The normalized spacial score (nSPS) is 9.93. The quantitative estimate of drug-likeness (QED) is 0.425. The van der Waals surface area contributed by atoms with Gasteiger partial charge in [-0.2, -0.15) is 0 Å². The molecule has 2 rings (SSSR count). The van der Waals surface area contributed by atoms with Gasteiger partial charge in [-0.05, 0) is 18.4 Å². The van der Waals surface area contributed by atoms with E-state index >= 15 is 0 Å². The molecule has 0 fully saturated rings. The van der Waals surface area contributed by atoms with Gasteiger partial charge in [0.05, 0.1) is 0 Å². The summed E-state index contributed by atoms with van der Waals surface area (Å²) >= 11 is 5.56. The largest absolute Gasteiger partial charge is 0.448 e. The summed E-state index contributed by atoms with van der Waals surface area (Å²) in [5, 5.41) is 1.10. The molecule has 0 saturated carbocycles. The summed E-state index contributed by atoms with van der Waals surface area (Å²) in [5.41, 5.74) is 0.888. The smallest absolute Gasteiger partial charge is 0.178 e. The van der Waals surface area contributed by atoms with Crippen molar-refractivity contribution in [1.29, 1.82) is 0 Å². The lowest BCUT2D eigenvalue weighted by atomic mass is 10.2. The second kappa shape index (κ2) is 4.91. The van der Waals surface area contributed by atoms with E-state index in [1.165, 1.54) is 0 Å². The summed E-state index contributed by atoms with van der Waals surface area (Å²) in [7, 11) is 0. The van der Waals surface area contributed by atoms with Crippen molar-refractivity contribution in [2.45, 2.75) is 12.8 Å². The van der Waals surface area contributed by atoms with Crippen molar-refractivity contribution in [2.75, 3.05) is 5.88 Å². The molecule has 0 amide bonds. The molecule has 0 bridgehead atoms. The topological polar surface area (TPSA) is 13.1 Å². The third kappa shape index (κ3) is 2.55. The van der Waals surface area contributed by atoms with Gasteiger partial charge in [-0.1, -0.05) is 24.1 Å². The Morgan fingerprint density at radius 3 is 2.93 bits per heavy atom. The van der Waals surface area contributed by atoms with Gasteiger partial charge in [0.15, 0.2) is 5.76 Å². The van der Waals surface area contributed by atoms with Gasteiger partial charge >= 0.3 is 0 Å². The summed E-state index contributed by atoms with van der Waals surface area (Å²) in [4.78, 5) is 0. The SMILES string of the molecule is ClCCCC#Cc1cc2ccccc2o1. The highest BCUT2D eigenvalue weighted by Gasteiger charge is 1.98. The van der Waals surface area contributed by atoms with Crippen LogP contribution in [0.4, 0.5) is 0 Å². The first-order valence-electron chi connectivity index (χ1n) is 4.93. The molecule has 15 heavy (non-hydrogen) atoms. The average Bonchev–Trinajstić information content (AvgIpc) is 2.67. The molecule has 0 N–H and O–H groups in total. The van der Waals surface area contributed by atoms with Crippen LogP contribution in [0.2, 0.25) is 0 Å². The number of halogens is 1. The van der Waals surface area contributed by atoms with Crippen LogP contribution in [0.1, 0.15) is 18.6 Å². The van der Waals surface area contributed by atoms with Crippen molar-refractivity contribution < 1.29 is 4.42 Å². The molecular formula is C13H11ClO. The highest BCUT2D eigenvalue weighted by molar-refractivity contribution is 6.17. The number of benzene rings is 1. The highest BCUT2D eigenvalue weighted by Crippen LogP contribution is 2.17. The van der Waals surface area contributed by atoms with Crippen molar-refractivity contribution in [3.63, 3.8) is 0 Å². The van der Waals surface area contributed by atoms with Crippen molar-refractivity contribution in [3.05, 3.63) is 36.1 Å². The van der Waals surface area contributed by atoms with Gasteiger partial charge in [-0.3, -0.25) is 0 Å². The summed E-state index contributed by atoms with van der Waals surface area (Å²) < 4.78 is 5.54. The van der Waals surface area contributed by atoms with Gasteiger partial charge in [0.1, 0.15) is 5.58 Å². The lowest BCUT2D eigenvalue weighted by Gasteiger charge is -1.83. The maximum absolute atomic E-state index is 5.56. The summed E-state index contributed by atoms with van der Waals surface area (Å²) in [6.07, 6.45) is 1.75. The Hall–Kier alpha value is -1.39. The van der Waals surface area contributed by atoms with Crippen LogP contribution in [0.5, 0.6) is 0 Å². The Bertz CT molecular complexity index is 469. The highest BCUT2D eigenvalue weighted by atomic mass is 35.5. The molecule has 2 aromatic rings. The molecule has 0 unspecified atom stereocenters. The van der Waals surface area contributed by atoms with Crippen molar-refractivity contribution in [1.82, 2.24) is 0 Å². The number of alkyl halides is 1. The fourth-order valence-corrected chi connectivity index (χ4v) is 1.48. The van der Waals surface area contributed by atoms with Gasteiger partial charge < -0.3 is 4.42 Å². The Balaban J connectivity index is 2.17. The second-order valence-electron chi connectivity index (χ2n) is 3.24. The van der Waals surface area contributed by atoms with Crippen LogP contribution in [0, 0.1) is 11.8 Å². The van der Waals surface area contributed by atoms with E-state index in [0.29, 0.717) is 5.88 Å². The fraction of sp³-hybridized carbons (Fsp3) is 0.231. The number of fused-ring (bicyclic) bond motifs is 1. The Morgan fingerprint density at radius 2 is 2.13 bits per heavy atom. The Labute approximate surface area is 94.0 Å². The number of furan rings is 1. The molecule has 0 aliphatic heterocycles. The maximum atomic E-state index is 5.56. The van der Waals surface area contributed by atoms with E-state index in [2.05, 4.69) is 11.8 Å². The molecule has 1 heterocycles. The molecule has 76 valence electrons. The van der Waals surface area contributed by atoms with Crippen LogP contribution in [0.3, 0.4) is 0 Å². The molecule has 0 radical (unpaired) electrons. The standard InChI is InChI=1S/C13H11ClO/c14-9-5-1-2-7-12-10-11-6-3-4-8-13(11)15-12/h3-4,6,8,10H,1,5,9H2. The fourth-order valence-electron chi connectivity index (χ4n) is 1.35. The van der Waals surface area contributed by atoms with Gasteiger partial charge in [0.2, 0.25) is 0 Å². The van der Waals surface area contributed by atoms with E-state index < -0.39 is 0 Å². The van der Waals surface area contributed by atoms with Gasteiger partial charge in [0, 0.05) is 23.8 Å². The minimum atomic E-state index is 0.662. The summed E-state index contributed by atoms with van der Waals surface area (Å²) in [5.74, 6) is 7.42. The van der Waals surface area contributed by atoms with E-state index in [9.17, 15) is 0 Å². The third-order valence-electron chi connectivity index (χ3n) is 2.07. The minimum absolute atomic E-state index is 0.662. The molecule has 2 heteroatoms. The molecule has 1 aromatic heterocycles. The van der Waals surface area contributed by atoms with E-state index in [1.54, 1.807) is 0 Å². The van der Waals surface area contributed by atoms with E-state index in [-0.39, 0.29) is 0 Å². The third-order valence-corrected chi connectivity index (χ3v) is 2.34. The molecule has 0 aliphatic rings. The van der Waals surface area contributed by atoms with Crippen LogP contribution in [0.25, 0.3) is 11.0 Å². The molecule has 0 spiro atoms. The zero-order valence-corrected chi connectivity index (χ0v) is 9.05. The van der Waals surface area contributed by atoms with Crippen LogP contribution in [-0.4, -0.2) is 5.88 Å². The Morgan fingerprint density at radius 1 is 1.27 bits per heavy atom. The van der Waals surface area contributed by atoms with E-state index in [4.69, 9.17) is 16.0 Å². The lowest BCUT2D eigenvalue weighted by molar-refractivity contribution is 0.601. The number of hydrogen-bond acceptors (Lipinski definition) is 1. The van der Waals surface area contributed by atoms with Gasteiger partial charge in [-0.25, -0.2) is 0 Å².